The van der Waals surface area contributed by atoms with Crippen LogP contribution in [0.4, 0.5) is 10.9 Å². The fraction of sp³-hybridized carbons (Fsp3) is 0.333. The zero-order chi connectivity index (χ0) is 14.8. The Morgan fingerprint density at radius 3 is 2.95 bits per heavy atom. The van der Waals surface area contributed by atoms with Crippen LogP contribution in [0.2, 0.25) is 0 Å². The molecule has 0 spiro atoms. The van der Waals surface area contributed by atoms with Crippen molar-refractivity contribution in [1.29, 1.82) is 5.26 Å². The van der Waals surface area contributed by atoms with Crippen molar-refractivity contribution >= 4 is 28.4 Å². The van der Waals surface area contributed by atoms with Gasteiger partial charge in [-0.3, -0.25) is 0 Å². The predicted octanol–water partition coefficient (Wildman–Crippen LogP) is 3.88. The molecule has 2 aromatic heterocycles. The van der Waals surface area contributed by atoms with Crippen LogP contribution in [0.3, 0.4) is 0 Å². The van der Waals surface area contributed by atoms with E-state index in [0.29, 0.717) is 16.1 Å². The van der Waals surface area contributed by atoms with Gasteiger partial charge in [0.2, 0.25) is 0 Å². The van der Waals surface area contributed by atoms with Crippen molar-refractivity contribution in [1.82, 2.24) is 0 Å². The van der Waals surface area contributed by atoms with Gasteiger partial charge in [-0.15, -0.1) is 11.3 Å². The van der Waals surface area contributed by atoms with Crippen LogP contribution in [-0.4, -0.2) is 18.0 Å². The summed E-state index contributed by atoms with van der Waals surface area (Å²) in [6.07, 6.45) is 5.88. The van der Waals surface area contributed by atoms with E-state index in [1.807, 2.05) is 0 Å². The maximum atomic E-state index is 11.1. The smallest absolute Gasteiger partial charge is 0.401 e. The van der Waals surface area contributed by atoms with Crippen molar-refractivity contribution in [3.05, 3.63) is 38.8 Å². The number of thiophene rings is 1. The fourth-order valence-corrected chi connectivity index (χ4v) is 3.64. The molecule has 0 bridgehead atoms. The average Bonchev–Trinajstić information content (AvgIpc) is 3.09. The lowest BCUT2D eigenvalue weighted by Crippen LogP contribution is -1.99. The number of nitrogens with zero attached hydrogens (tertiary/aromatic N) is 3. The molecule has 0 saturated heterocycles. The Balaban J connectivity index is 1.90. The van der Waals surface area contributed by atoms with Gasteiger partial charge < -0.3 is 4.42 Å². The first-order chi connectivity index (χ1) is 10.2. The summed E-state index contributed by atoms with van der Waals surface area (Å²) in [5.41, 5.74) is 1.86. The molecule has 5 nitrogen and oxygen atoms in total. The van der Waals surface area contributed by atoms with Crippen molar-refractivity contribution in [3.63, 3.8) is 0 Å². The van der Waals surface area contributed by atoms with E-state index < -0.39 is 0 Å². The number of hydrogen-bond acceptors (Lipinski definition) is 5. The molecule has 0 atom stereocenters. The number of nitriles is 1. The number of aliphatic imine (C=N–C) groups is 1. The second-order valence-electron chi connectivity index (χ2n) is 4.93. The van der Waals surface area contributed by atoms with Gasteiger partial charge in [0.05, 0.1) is 22.6 Å². The minimum Gasteiger partial charge on any atom is -0.401 e. The highest BCUT2D eigenvalue weighted by Gasteiger charge is 2.20. The van der Waals surface area contributed by atoms with E-state index in [2.05, 4.69) is 11.1 Å². The standard InChI is InChI=1S/C15H14N3O2S/c1-18(19)14-7-6-10(20-14)9-17-15-12(8-16)11-4-2-3-5-13(11)21-15/h6-7,9H,2-5H2,1H3/q+1/b17-9+. The highest BCUT2D eigenvalue weighted by Crippen LogP contribution is 2.39. The Morgan fingerprint density at radius 1 is 1.43 bits per heavy atom. The molecule has 21 heavy (non-hydrogen) atoms. The van der Waals surface area contributed by atoms with E-state index in [9.17, 15) is 10.2 Å². The molecule has 0 aliphatic heterocycles. The van der Waals surface area contributed by atoms with E-state index in [1.165, 1.54) is 23.9 Å². The van der Waals surface area contributed by atoms with Gasteiger partial charge in [0.1, 0.15) is 11.1 Å². The normalized spacial score (nSPS) is 14.1. The van der Waals surface area contributed by atoms with Crippen molar-refractivity contribution in [3.8, 4) is 6.07 Å². The first-order valence-corrected chi connectivity index (χ1v) is 7.60. The SMILES string of the molecule is C[N+](=O)c1ccc(/C=N/c2sc3c(c2C#N)CCCC3)o1. The van der Waals surface area contributed by atoms with E-state index in [-0.39, 0.29) is 5.88 Å². The first kappa shape index (κ1) is 13.7. The molecule has 1 aliphatic rings. The quantitative estimate of drug-likeness (QED) is 0.638. The molecule has 1 aliphatic carbocycles. The maximum absolute atomic E-state index is 11.1. The molecule has 0 radical (unpaired) electrons. The van der Waals surface area contributed by atoms with Crippen LogP contribution in [0.5, 0.6) is 0 Å². The Morgan fingerprint density at radius 2 is 2.24 bits per heavy atom. The van der Waals surface area contributed by atoms with Gasteiger partial charge in [-0.1, -0.05) is 0 Å². The molecule has 0 fully saturated rings. The summed E-state index contributed by atoms with van der Waals surface area (Å²) in [4.78, 5) is 16.8. The van der Waals surface area contributed by atoms with E-state index in [1.54, 1.807) is 29.7 Å². The van der Waals surface area contributed by atoms with E-state index in [0.717, 1.165) is 24.3 Å². The molecular weight excluding hydrogens is 286 g/mol. The van der Waals surface area contributed by atoms with E-state index >= 15 is 0 Å². The van der Waals surface area contributed by atoms with Gasteiger partial charge in [-0.05, 0) is 37.3 Å². The zero-order valence-corrected chi connectivity index (χ0v) is 12.4. The third kappa shape index (κ3) is 2.65. The largest absolute Gasteiger partial charge is 0.421 e. The molecule has 0 saturated carbocycles. The molecule has 3 rings (SSSR count). The number of rotatable bonds is 3. The summed E-state index contributed by atoms with van der Waals surface area (Å²) in [6.45, 7) is 0. The lowest BCUT2D eigenvalue weighted by atomic mass is 9.96. The van der Waals surface area contributed by atoms with Crippen LogP contribution < -0.4 is 0 Å². The Labute approximate surface area is 126 Å². The zero-order valence-electron chi connectivity index (χ0n) is 11.6. The van der Waals surface area contributed by atoms with Crippen LogP contribution >= 0.6 is 11.3 Å². The lowest BCUT2D eigenvalue weighted by Gasteiger charge is -2.09. The van der Waals surface area contributed by atoms with Crippen molar-refractivity contribution in [2.24, 2.45) is 4.99 Å². The van der Waals surface area contributed by atoms with E-state index in [4.69, 9.17) is 4.42 Å². The topological polar surface area (TPSA) is 69.4 Å². The molecule has 0 aromatic carbocycles. The molecule has 6 heteroatoms. The highest BCUT2D eigenvalue weighted by molar-refractivity contribution is 7.16. The van der Waals surface area contributed by atoms with Gasteiger partial charge in [0.15, 0.2) is 12.8 Å². The van der Waals surface area contributed by atoms with Gasteiger partial charge in [0, 0.05) is 9.78 Å². The third-order valence-corrected chi connectivity index (χ3v) is 4.70. The van der Waals surface area contributed by atoms with Gasteiger partial charge in [-0.25, -0.2) is 4.99 Å². The second kappa shape index (κ2) is 5.62. The van der Waals surface area contributed by atoms with Crippen LogP contribution in [0.25, 0.3) is 0 Å². The third-order valence-electron chi connectivity index (χ3n) is 3.50. The predicted molar refractivity (Wildman–Crippen MR) is 80.8 cm³/mol. The molecule has 2 aromatic rings. The summed E-state index contributed by atoms with van der Waals surface area (Å²) in [5.74, 6) is 0.741. The van der Waals surface area contributed by atoms with Crippen LogP contribution in [0.1, 0.15) is 34.6 Å². The van der Waals surface area contributed by atoms with Gasteiger partial charge in [0.25, 0.3) is 0 Å². The average molecular weight is 300 g/mol. The summed E-state index contributed by atoms with van der Waals surface area (Å²) < 4.78 is 5.98. The summed E-state index contributed by atoms with van der Waals surface area (Å²) in [5, 5.41) is 10.1. The Bertz CT molecular complexity index is 764. The first-order valence-electron chi connectivity index (χ1n) is 6.78. The monoisotopic (exact) mass is 300 g/mol. The molecule has 0 amide bonds. The van der Waals surface area contributed by atoms with Crippen molar-refractivity contribution < 1.29 is 9.18 Å². The fourth-order valence-electron chi connectivity index (χ4n) is 2.46. The number of fused-ring (bicyclic) bond motifs is 1. The minimum absolute atomic E-state index is 0.238. The van der Waals surface area contributed by atoms with Crippen LogP contribution in [0, 0.1) is 16.2 Å². The highest BCUT2D eigenvalue weighted by atomic mass is 32.1. The summed E-state index contributed by atoms with van der Waals surface area (Å²) in [7, 11) is 1.38. The molecular formula is C15H14N3O2S+. The van der Waals surface area contributed by atoms with Crippen LogP contribution in [0.15, 0.2) is 21.5 Å². The van der Waals surface area contributed by atoms with Crippen molar-refractivity contribution in [2.45, 2.75) is 25.7 Å². The van der Waals surface area contributed by atoms with Crippen LogP contribution in [-0.2, 0) is 12.8 Å². The molecule has 106 valence electrons. The lowest BCUT2D eigenvalue weighted by molar-refractivity contribution is -0.444. The second-order valence-corrected chi connectivity index (χ2v) is 6.02. The van der Waals surface area contributed by atoms with Crippen molar-refractivity contribution in [2.75, 3.05) is 7.05 Å². The Hall–Kier alpha value is -2.26. The molecule has 2 heterocycles. The molecule has 0 unspecified atom stereocenters. The number of furan rings is 1. The van der Waals surface area contributed by atoms with Gasteiger partial charge >= 0.3 is 5.88 Å². The summed E-state index contributed by atoms with van der Waals surface area (Å²) >= 11 is 1.58. The Kier molecular flexibility index (Phi) is 3.67. The number of hydrogen-bond donors (Lipinski definition) is 0. The summed E-state index contributed by atoms with van der Waals surface area (Å²) in [6, 6.07) is 5.55. The number of nitroso groups, excluding NO2 is 1. The molecule has 0 N–H and O–H groups in total. The van der Waals surface area contributed by atoms with Gasteiger partial charge in [-0.2, -0.15) is 5.26 Å². The maximum Gasteiger partial charge on any atom is 0.421 e. The number of aryl methyl sites for hydroxylation is 1. The minimum atomic E-state index is 0.238.